The molecule has 1 saturated heterocycles. The predicted octanol–water partition coefficient (Wildman–Crippen LogP) is 3.74. The second-order valence-corrected chi connectivity index (χ2v) is 9.42. The van der Waals surface area contributed by atoms with Crippen LogP contribution in [-0.4, -0.2) is 55.2 Å². The number of piperidine rings is 1. The van der Waals surface area contributed by atoms with Crippen molar-refractivity contribution in [2.24, 2.45) is 18.7 Å². The molecule has 1 saturated carbocycles. The smallest absolute Gasteiger partial charge is 0.253 e. The van der Waals surface area contributed by atoms with E-state index in [1.54, 1.807) is 4.90 Å². The Kier molecular flexibility index (Phi) is 7.17. The van der Waals surface area contributed by atoms with Gasteiger partial charge in [-0.1, -0.05) is 0 Å². The first-order valence-electron chi connectivity index (χ1n) is 11.6. The van der Waals surface area contributed by atoms with Crippen LogP contribution in [0.25, 0.3) is 33.6 Å². The molecule has 1 aliphatic carbocycles. The molecule has 2 aliphatic rings. The average molecular weight is 515 g/mol. The first-order valence-corrected chi connectivity index (χ1v) is 11.6. The van der Waals surface area contributed by atoms with Crippen molar-refractivity contribution in [3.8, 4) is 11.5 Å². The maximum Gasteiger partial charge on any atom is 0.253 e. The minimum absolute atomic E-state index is 0. The van der Waals surface area contributed by atoms with E-state index < -0.39 is 12.2 Å². The molecule has 7 nitrogen and oxygen atoms in total. The monoisotopic (exact) mass is 514 g/mol. The summed E-state index contributed by atoms with van der Waals surface area (Å²) in [7, 11) is 2.00. The summed E-state index contributed by atoms with van der Waals surface area (Å²) < 4.78 is 18.1. The number of hydrogen-bond donors (Lipinski definition) is 1. The van der Waals surface area contributed by atoms with Gasteiger partial charge in [0, 0.05) is 43.8 Å². The molecule has 1 amide bonds. The topological polar surface area (TPSA) is 82.0 Å². The van der Waals surface area contributed by atoms with Crippen molar-refractivity contribution in [3.63, 3.8) is 0 Å². The molecule has 2 atom stereocenters. The molecule has 35 heavy (non-hydrogen) atoms. The summed E-state index contributed by atoms with van der Waals surface area (Å²) in [5.74, 6) is 1.42. The first-order chi connectivity index (χ1) is 16.0. The number of carbonyl (C=O) groups excluding carboxylic acids is 1. The summed E-state index contributed by atoms with van der Waals surface area (Å²) in [6, 6.07) is 11.2. The Bertz CT molecular complexity index is 1380. The van der Waals surface area contributed by atoms with Crippen LogP contribution in [0.5, 0.6) is 0 Å². The van der Waals surface area contributed by atoms with E-state index in [4.69, 9.17) is 10.7 Å². The van der Waals surface area contributed by atoms with E-state index in [1.807, 2.05) is 37.5 Å². The van der Waals surface area contributed by atoms with Gasteiger partial charge in [-0.2, -0.15) is 27.0 Å². The summed E-state index contributed by atoms with van der Waals surface area (Å²) >= 11 is 0. The Morgan fingerprint density at radius 3 is 2.71 bits per heavy atom. The summed E-state index contributed by atoms with van der Waals surface area (Å²) in [6.45, 7) is 1.56. The van der Waals surface area contributed by atoms with Crippen molar-refractivity contribution < 1.29 is 9.18 Å². The number of nitrogens with two attached hydrogens (primary N) is 1. The van der Waals surface area contributed by atoms with Crippen molar-refractivity contribution in [2.75, 3.05) is 13.1 Å². The van der Waals surface area contributed by atoms with Gasteiger partial charge in [0.15, 0.2) is 5.82 Å². The molecule has 4 heterocycles. The number of carbonyl (C=O) groups is 1. The first kappa shape index (κ1) is 25.5. The zero-order valence-electron chi connectivity index (χ0n) is 19.6. The number of aromatic nitrogens is 4. The Morgan fingerprint density at radius 1 is 1.17 bits per heavy atom. The maximum absolute atomic E-state index is 13.7. The fraction of sp³-hybridized carbons (Fsp3) is 0.400. The van der Waals surface area contributed by atoms with Gasteiger partial charge in [0.25, 0.3) is 5.91 Å². The molecule has 1 aliphatic heterocycles. The molecule has 0 unspecified atom stereocenters. The predicted molar refractivity (Wildman–Crippen MR) is 146 cm³/mol. The number of hydrogen-bond acceptors (Lipinski definition) is 4. The van der Waals surface area contributed by atoms with Crippen LogP contribution in [0.3, 0.4) is 0 Å². The van der Waals surface area contributed by atoms with E-state index in [9.17, 15) is 9.18 Å². The lowest BCUT2D eigenvalue weighted by Gasteiger charge is -2.33. The van der Waals surface area contributed by atoms with Crippen LogP contribution in [0.1, 0.15) is 29.6 Å². The van der Waals surface area contributed by atoms with Gasteiger partial charge in [-0.25, -0.2) is 14.4 Å². The van der Waals surface area contributed by atoms with Crippen molar-refractivity contribution in [2.45, 2.75) is 38.0 Å². The molecule has 2 N–H and O–H groups in total. The number of rotatable bonds is 4. The van der Waals surface area contributed by atoms with Gasteiger partial charge in [0.05, 0.1) is 22.8 Å². The average Bonchev–Trinajstić information content (AvgIpc) is 3.49. The third-order valence-corrected chi connectivity index (χ3v) is 7.01. The van der Waals surface area contributed by atoms with E-state index in [0.717, 1.165) is 40.1 Å². The highest BCUT2D eigenvalue weighted by Crippen LogP contribution is 2.36. The molecule has 186 valence electrons. The second-order valence-electron chi connectivity index (χ2n) is 9.42. The lowest BCUT2D eigenvalue weighted by atomic mass is 10.0. The highest BCUT2D eigenvalue weighted by molar-refractivity contribution is 7.59. The lowest BCUT2D eigenvalue weighted by molar-refractivity contribution is 0.0630. The van der Waals surface area contributed by atoms with Crippen LogP contribution in [-0.2, 0) is 13.6 Å². The Hall–Kier alpha value is -2.56. The number of nitrogens with zero attached hydrogens (tertiary/aromatic N) is 5. The zero-order chi connectivity index (χ0) is 22.7. The van der Waals surface area contributed by atoms with Gasteiger partial charge in [-0.3, -0.25) is 4.79 Å². The van der Waals surface area contributed by atoms with Crippen LogP contribution in [0.15, 0.2) is 42.6 Å². The molecule has 2 fully saturated rings. The minimum atomic E-state index is -1.05. The molecule has 0 radical (unpaired) electrons. The number of likely N-dealkylation sites (tertiary alicyclic amines) is 1. The van der Waals surface area contributed by atoms with Gasteiger partial charge in [0.2, 0.25) is 0 Å². The number of imidazole rings is 1. The normalized spacial score (nSPS) is 20.0. The van der Waals surface area contributed by atoms with Gasteiger partial charge in [-0.05, 0) is 61.6 Å². The van der Waals surface area contributed by atoms with Crippen LogP contribution in [0, 0.1) is 5.92 Å². The third kappa shape index (κ3) is 4.54. The fourth-order valence-electron chi connectivity index (χ4n) is 4.90. The standard InChI is InChI=1S/C25H27FN6O.2H2S/c1-30-21-7-6-17(25(33)31-10-8-18(26)19(27)14-31)11-20(21)29-24(30)22-12-16-3-2-9-28-23(16)32(22)13-15-4-5-15;;/h2-3,6-7,9,11-12,15,18-19H,4-5,8,10,13-14,27H2,1H3;2*1H2/t18-,19-;;/m0../s1. The summed E-state index contributed by atoms with van der Waals surface area (Å²) in [4.78, 5) is 24.3. The van der Waals surface area contributed by atoms with Crippen molar-refractivity contribution in [3.05, 3.63) is 48.2 Å². The Morgan fingerprint density at radius 2 is 1.97 bits per heavy atom. The number of benzene rings is 1. The Labute approximate surface area is 217 Å². The quantitative estimate of drug-likeness (QED) is 0.450. The summed E-state index contributed by atoms with van der Waals surface area (Å²) in [6.07, 6.45) is 3.57. The van der Waals surface area contributed by atoms with Crippen LogP contribution in [0.2, 0.25) is 0 Å². The largest absolute Gasteiger partial charge is 0.337 e. The molecule has 10 heteroatoms. The number of alkyl halides is 1. The van der Waals surface area contributed by atoms with E-state index in [-0.39, 0.29) is 45.9 Å². The molecule has 0 bridgehead atoms. The van der Waals surface area contributed by atoms with Crippen molar-refractivity contribution in [1.29, 1.82) is 0 Å². The van der Waals surface area contributed by atoms with E-state index in [0.29, 0.717) is 18.0 Å². The molecular formula is C25H31FN6OS2. The van der Waals surface area contributed by atoms with E-state index >= 15 is 0 Å². The highest BCUT2D eigenvalue weighted by Gasteiger charge is 2.30. The summed E-state index contributed by atoms with van der Waals surface area (Å²) in [5.41, 5.74) is 10.1. The number of fused-ring (bicyclic) bond motifs is 2. The molecule has 1 aromatic carbocycles. The van der Waals surface area contributed by atoms with Gasteiger partial charge >= 0.3 is 0 Å². The van der Waals surface area contributed by atoms with Crippen molar-refractivity contribution in [1.82, 2.24) is 24.0 Å². The zero-order valence-corrected chi connectivity index (χ0v) is 21.6. The lowest BCUT2D eigenvalue weighted by Crippen LogP contribution is -2.51. The number of halogens is 1. The van der Waals surface area contributed by atoms with Crippen molar-refractivity contribution >= 4 is 55.0 Å². The molecular weight excluding hydrogens is 483 g/mol. The van der Waals surface area contributed by atoms with Crippen LogP contribution < -0.4 is 5.73 Å². The number of aryl methyl sites for hydroxylation is 1. The van der Waals surface area contributed by atoms with Gasteiger partial charge in [0.1, 0.15) is 11.8 Å². The molecule has 6 rings (SSSR count). The SMILES string of the molecule is Cn1c(-c2cc3cccnc3n2CC2CC2)nc2cc(C(=O)N3CC[C@H](F)[C@@H](N)C3)ccc21.S.S. The summed E-state index contributed by atoms with van der Waals surface area (Å²) in [5, 5.41) is 1.10. The van der Waals surface area contributed by atoms with E-state index in [2.05, 4.69) is 26.3 Å². The second kappa shape index (κ2) is 9.83. The van der Waals surface area contributed by atoms with Crippen LogP contribution in [0.4, 0.5) is 4.39 Å². The molecule has 3 aromatic heterocycles. The van der Waals surface area contributed by atoms with Gasteiger partial charge < -0.3 is 19.8 Å². The Balaban J connectivity index is 0.00000144. The number of pyridine rings is 1. The highest BCUT2D eigenvalue weighted by atomic mass is 32.1. The van der Waals surface area contributed by atoms with E-state index in [1.165, 1.54) is 12.8 Å². The number of amides is 1. The van der Waals surface area contributed by atoms with Crippen LogP contribution >= 0.6 is 27.0 Å². The molecule has 0 spiro atoms. The minimum Gasteiger partial charge on any atom is -0.337 e. The van der Waals surface area contributed by atoms with Gasteiger partial charge in [-0.15, -0.1) is 0 Å². The fourth-order valence-corrected chi connectivity index (χ4v) is 4.90. The molecule has 4 aromatic rings. The third-order valence-electron chi connectivity index (χ3n) is 7.01. The maximum atomic E-state index is 13.7.